The van der Waals surface area contributed by atoms with E-state index in [0.717, 1.165) is 29.1 Å². The molecule has 0 unspecified atom stereocenters. The van der Waals surface area contributed by atoms with E-state index in [1.165, 1.54) is 68.1 Å². The number of carbonyl (C=O) groups excluding carboxylic acids is 1. The van der Waals surface area contributed by atoms with Crippen LogP contribution in [0.2, 0.25) is 0 Å². The Kier molecular flexibility index (Phi) is 9.64. The second kappa shape index (κ2) is 13.0. The van der Waals surface area contributed by atoms with Crippen LogP contribution in [-0.4, -0.2) is 68.0 Å². The van der Waals surface area contributed by atoms with E-state index in [1.54, 1.807) is 18.2 Å². The molecule has 11 nitrogen and oxygen atoms in total. The van der Waals surface area contributed by atoms with Crippen molar-refractivity contribution in [2.45, 2.75) is 36.0 Å². The normalized spacial score (nSPS) is 14.2. The number of nitrogens with one attached hydrogen (secondary N) is 1. The molecular weight excluding hydrogens is 582 g/mol. The fraction of sp³-hybridized carbons (Fsp3) is 0.345. The molecule has 3 aromatic carbocycles. The summed E-state index contributed by atoms with van der Waals surface area (Å²) in [4.78, 5) is 13.4. The lowest BCUT2D eigenvalue weighted by Gasteiger charge is -2.26. The number of sulfonamides is 2. The van der Waals surface area contributed by atoms with Gasteiger partial charge in [0.2, 0.25) is 15.9 Å². The highest BCUT2D eigenvalue weighted by atomic mass is 32.2. The summed E-state index contributed by atoms with van der Waals surface area (Å²) >= 11 is 0. The first kappa shape index (κ1) is 31.1. The molecular formula is C29H35N3O8S2. The van der Waals surface area contributed by atoms with Crippen LogP contribution in [0.4, 0.5) is 11.4 Å². The van der Waals surface area contributed by atoms with E-state index in [2.05, 4.69) is 5.32 Å². The van der Waals surface area contributed by atoms with Crippen molar-refractivity contribution in [3.8, 4) is 17.2 Å². The summed E-state index contributed by atoms with van der Waals surface area (Å²) in [6, 6.07) is 15.0. The van der Waals surface area contributed by atoms with Crippen LogP contribution in [-0.2, 0) is 24.8 Å². The van der Waals surface area contributed by atoms with Crippen LogP contribution in [0.15, 0.2) is 70.5 Å². The average Bonchev–Trinajstić information content (AvgIpc) is 3.00. The molecule has 4 rings (SSSR count). The van der Waals surface area contributed by atoms with Crippen LogP contribution in [0.5, 0.6) is 17.2 Å². The number of anilines is 2. The molecule has 3 aromatic rings. The number of hydrogen-bond acceptors (Lipinski definition) is 8. The molecule has 0 aliphatic carbocycles. The standard InChI is InChI=1S/C29H35N3O8S2/c1-21-8-11-23(12-9-21)42(36,37)32(22-10-14-27(39-3)28(18-22)40-4)20-29(33)30-25-19-24(13-15-26(25)38-2)41(34,35)31-16-6-5-7-17-31/h8-15,18-19H,5-7,16-17,20H2,1-4H3,(H,30,33). The number of carbonyl (C=O) groups is 1. The Morgan fingerprint density at radius 2 is 1.38 bits per heavy atom. The minimum Gasteiger partial charge on any atom is -0.495 e. The van der Waals surface area contributed by atoms with E-state index < -0.39 is 32.5 Å². The third-order valence-electron chi connectivity index (χ3n) is 6.95. The van der Waals surface area contributed by atoms with Crippen molar-refractivity contribution in [2.75, 3.05) is 50.6 Å². The van der Waals surface area contributed by atoms with Gasteiger partial charge in [-0.05, 0) is 62.2 Å². The van der Waals surface area contributed by atoms with E-state index in [1.807, 2.05) is 6.92 Å². The van der Waals surface area contributed by atoms with E-state index >= 15 is 0 Å². The van der Waals surface area contributed by atoms with Crippen molar-refractivity contribution in [3.63, 3.8) is 0 Å². The molecule has 42 heavy (non-hydrogen) atoms. The zero-order chi connectivity index (χ0) is 30.5. The third-order valence-corrected chi connectivity index (χ3v) is 10.6. The van der Waals surface area contributed by atoms with Gasteiger partial charge in [0.1, 0.15) is 12.3 Å². The summed E-state index contributed by atoms with van der Waals surface area (Å²) in [5.74, 6) is 0.165. The Balaban J connectivity index is 1.69. The van der Waals surface area contributed by atoms with Crippen LogP contribution >= 0.6 is 0 Å². The Morgan fingerprint density at radius 1 is 0.786 bits per heavy atom. The number of nitrogens with zero attached hydrogens (tertiary/aromatic N) is 2. The number of rotatable bonds is 11. The van der Waals surface area contributed by atoms with Gasteiger partial charge in [0.25, 0.3) is 10.0 Å². The second-order valence-corrected chi connectivity index (χ2v) is 13.5. The fourth-order valence-corrected chi connectivity index (χ4v) is 7.61. The molecule has 1 N–H and O–H groups in total. The van der Waals surface area contributed by atoms with Crippen LogP contribution in [0.1, 0.15) is 24.8 Å². The highest BCUT2D eigenvalue weighted by Crippen LogP contribution is 2.34. The summed E-state index contributed by atoms with van der Waals surface area (Å²) in [5, 5.41) is 2.65. The monoisotopic (exact) mass is 617 g/mol. The minimum absolute atomic E-state index is 0.00419. The fourth-order valence-electron chi connectivity index (χ4n) is 4.65. The SMILES string of the molecule is COc1ccc(S(=O)(=O)N2CCCCC2)cc1NC(=O)CN(c1ccc(OC)c(OC)c1)S(=O)(=O)c1ccc(C)cc1. The van der Waals surface area contributed by atoms with Crippen LogP contribution < -0.4 is 23.8 Å². The maximum atomic E-state index is 13.8. The lowest BCUT2D eigenvalue weighted by molar-refractivity contribution is -0.114. The van der Waals surface area contributed by atoms with Crippen LogP contribution in [0, 0.1) is 6.92 Å². The van der Waals surface area contributed by atoms with Gasteiger partial charge in [-0.15, -0.1) is 0 Å². The molecule has 0 saturated carbocycles. The Bertz CT molecular complexity index is 1640. The molecule has 226 valence electrons. The number of aryl methyl sites for hydroxylation is 1. The molecule has 0 atom stereocenters. The van der Waals surface area contributed by atoms with Gasteiger partial charge in [-0.25, -0.2) is 16.8 Å². The van der Waals surface area contributed by atoms with Gasteiger partial charge < -0.3 is 19.5 Å². The van der Waals surface area contributed by atoms with Crippen molar-refractivity contribution in [1.82, 2.24) is 4.31 Å². The van der Waals surface area contributed by atoms with E-state index in [0.29, 0.717) is 18.8 Å². The lowest BCUT2D eigenvalue weighted by Crippen LogP contribution is -2.38. The molecule has 1 heterocycles. The van der Waals surface area contributed by atoms with Crippen molar-refractivity contribution in [1.29, 1.82) is 0 Å². The molecule has 0 radical (unpaired) electrons. The zero-order valence-electron chi connectivity index (χ0n) is 24.0. The first-order valence-electron chi connectivity index (χ1n) is 13.3. The third kappa shape index (κ3) is 6.63. The Labute approximate surface area is 247 Å². The first-order chi connectivity index (χ1) is 20.0. The molecule has 1 fully saturated rings. The number of hydrogen-bond donors (Lipinski definition) is 1. The summed E-state index contributed by atoms with van der Waals surface area (Å²) < 4.78 is 72.6. The quantitative estimate of drug-likeness (QED) is 0.341. The highest BCUT2D eigenvalue weighted by molar-refractivity contribution is 7.92. The van der Waals surface area contributed by atoms with Gasteiger partial charge in [-0.3, -0.25) is 9.10 Å². The van der Waals surface area contributed by atoms with Gasteiger partial charge in [0, 0.05) is 19.2 Å². The van der Waals surface area contributed by atoms with Gasteiger partial charge in [-0.2, -0.15) is 4.31 Å². The smallest absolute Gasteiger partial charge is 0.264 e. The average molecular weight is 618 g/mol. The highest BCUT2D eigenvalue weighted by Gasteiger charge is 2.30. The molecule has 1 amide bonds. The van der Waals surface area contributed by atoms with Gasteiger partial charge in [-0.1, -0.05) is 24.1 Å². The lowest BCUT2D eigenvalue weighted by atomic mass is 10.2. The summed E-state index contributed by atoms with van der Waals surface area (Å²) in [6.07, 6.45) is 2.53. The molecule has 0 spiro atoms. The van der Waals surface area contributed by atoms with Crippen LogP contribution in [0.3, 0.4) is 0 Å². The number of methoxy groups -OCH3 is 3. The maximum Gasteiger partial charge on any atom is 0.264 e. The molecule has 1 saturated heterocycles. The summed E-state index contributed by atoms with van der Waals surface area (Å²) in [5.41, 5.74) is 1.13. The molecule has 0 bridgehead atoms. The largest absolute Gasteiger partial charge is 0.495 e. The van der Waals surface area contributed by atoms with Crippen molar-refractivity contribution in [2.24, 2.45) is 0 Å². The Hall–Kier alpha value is -3.81. The predicted molar refractivity (Wildman–Crippen MR) is 159 cm³/mol. The molecule has 13 heteroatoms. The maximum absolute atomic E-state index is 13.8. The minimum atomic E-state index is -4.22. The number of amides is 1. The van der Waals surface area contributed by atoms with Crippen molar-refractivity contribution >= 4 is 37.3 Å². The first-order valence-corrected chi connectivity index (χ1v) is 16.2. The number of ether oxygens (including phenoxy) is 3. The van der Waals surface area contributed by atoms with Crippen molar-refractivity contribution in [3.05, 3.63) is 66.2 Å². The van der Waals surface area contributed by atoms with Crippen LogP contribution in [0.25, 0.3) is 0 Å². The topological polar surface area (TPSA) is 132 Å². The van der Waals surface area contributed by atoms with E-state index in [-0.39, 0.29) is 32.7 Å². The molecule has 0 aromatic heterocycles. The number of piperidine rings is 1. The van der Waals surface area contributed by atoms with Gasteiger partial charge >= 0.3 is 0 Å². The van der Waals surface area contributed by atoms with E-state index in [9.17, 15) is 21.6 Å². The predicted octanol–water partition coefficient (Wildman–Crippen LogP) is 4.03. The Morgan fingerprint density at radius 3 is 2.00 bits per heavy atom. The van der Waals surface area contributed by atoms with E-state index in [4.69, 9.17) is 14.2 Å². The summed E-state index contributed by atoms with van der Waals surface area (Å²) in [6.45, 7) is 2.06. The number of benzene rings is 3. The second-order valence-electron chi connectivity index (χ2n) is 9.74. The molecule has 1 aliphatic rings. The van der Waals surface area contributed by atoms with Gasteiger partial charge in [0.05, 0.1) is 42.5 Å². The molecule has 1 aliphatic heterocycles. The summed E-state index contributed by atoms with van der Waals surface area (Å²) in [7, 11) is -3.75. The zero-order valence-corrected chi connectivity index (χ0v) is 25.6. The van der Waals surface area contributed by atoms with Gasteiger partial charge in [0.15, 0.2) is 11.5 Å². The van der Waals surface area contributed by atoms with Crippen molar-refractivity contribution < 1.29 is 35.8 Å².